The normalized spacial score (nSPS) is 12.6. The zero-order valence-corrected chi connectivity index (χ0v) is 13.0. The molecule has 0 atom stereocenters. The summed E-state index contributed by atoms with van der Waals surface area (Å²) in [5, 5.41) is 3.26. The smallest absolute Gasteiger partial charge is 0.279 e. The minimum absolute atomic E-state index is 0.0377. The average Bonchev–Trinajstić information content (AvgIpc) is 2.35. The lowest BCUT2D eigenvalue weighted by Gasteiger charge is -2.21. The van der Waals surface area contributed by atoms with E-state index in [2.05, 4.69) is 17.0 Å². The van der Waals surface area contributed by atoms with Crippen molar-refractivity contribution in [2.45, 2.75) is 52.5 Å². The molecule has 0 unspecified atom stereocenters. The standard InChI is InChI=1S/C12H29N3O2S/c1-5-9-13-10-8-11-15(4)18(16,17)14-12(6-2)7-3/h12-14H,5-11H2,1-4H3. The molecule has 0 amide bonds. The Labute approximate surface area is 113 Å². The van der Waals surface area contributed by atoms with Crippen molar-refractivity contribution < 1.29 is 8.42 Å². The predicted molar refractivity (Wildman–Crippen MR) is 76.8 cm³/mol. The summed E-state index contributed by atoms with van der Waals surface area (Å²) in [7, 11) is -1.69. The first-order chi connectivity index (χ1) is 8.47. The summed E-state index contributed by atoms with van der Waals surface area (Å²) in [6.07, 6.45) is 3.58. The molecule has 0 heterocycles. The average molecular weight is 279 g/mol. The van der Waals surface area contributed by atoms with Gasteiger partial charge in [-0.3, -0.25) is 0 Å². The van der Waals surface area contributed by atoms with Crippen molar-refractivity contribution in [3.63, 3.8) is 0 Å². The maximum atomic E-state index is 12.0. The zero-order valence-electron chi connectivity index (χ0n) is 12.2. The molecule has 0 saturated carbocycles. The van der Waals surface area contributed by atoms with Crippen LogP contribution in [0.25, 0.3) is 0 Å². The van der Waals surface area contributed by atoms with E-state index in [1.165, 1.54) is 4.31 Å². The third-order valence-corrected chi connectivity index (χ3v) is 4.60. The van der Waals surface area contributed by atoms with Crippen molar-refractivity contribution in [1.29, 1.82) is 0 Å². The maximum absolute atomic E-state index is 12.0. The highest BCUT2D eigenvalue weighted by Gasteiger charge is 2.19. The first-order valence-corrected chi connectivity index (χ1v) is 8.36. The molecule has 18 heavy (non-hydrogen) atoms. The van der Waals surface area contributed by atoms with Gasteiger partial charge < -0.3 is 5.32 Å². The van der Waals surface area contributed by atoms with E-state index in [1.54, 1.807) is 7.05 Å². The van der Waals surface area contributed by atoms with E-state index >= 15 is 0 Å². The van der Waals surface area contributed by atoms with Gasteiger partial charge in [-0.2, -0.15) is 17.4 Å². The van der Waals surface area contributed by atoms with Crippen LogP contribution >= 0.6 is 0 Å². The predicted octanol–water partition coefficient (Wildman–Crippen LogP) is 1.33. The van der Waals surface area contributed by atoms with Gasteiger partial charge in [0.15, 0.2) is 0 Å². The molecule has 0 aromatic heterocycles. The molecule has 0 saturated heterocycles. The Morgan fingerprint density at radius 1 is 1.11 bits per heavy atom. The van der Waals surface area contributed by atoms with Crippen LogP contribution < -0.4 is 10.0 Å². The fourth-order valence-corrected chi connectivity index (χ4v) is 2.91. The van der Waals surface area contributed by atoms with Gasteiger partial charge in [-0.15, -0.1) is 0 Å². The summed E-state index contributed by atoms with van der Waals surface area (Å²) in [6.45, 7) is 8.49. The minimum atomic E-state index is -3.32. The van der Waals surface area contributed by atoms with E-state index in [0.29, 0.717) is 6.54 Å². The Balaban J connectivity index is 4.02. The lowest BCUT2D eigenvalue weighted by molar-refractivity contribution is 0.430. The van der Waals surface area contributed by atoms with Crippen molar-refractivity contribution in [3.05, 3.63) is 0 Å². The maximum Gasteiger partial charge on any atom is 0.279 e. The molecule has 0 rings (SSSR count). The molecular weight excluding hydrogens is 250 g/mol. The second kappa shape index (κ2) is 9.72. The highest BCUT2D eigenvalue weighted by Crippen LogP contribution is 2.02. The van der Waals surface area contributed by atoms with Crippen molar-refractivity contribution in [2.75, 3.05) is 26.7 Å². The van der Waals surface area contributed by atoms with Crippen molar-refractivity contribution >= 4 is 10.2 Å². The molecular formula is C12H29N3O2S. The molecule has 0 aliphatic carbocycles. The molecule has 0 radical (unpaired) electrons. The topological polar surface area (TPSA) is 61.4 Å². The number of hydrogen-bond donors (Lipinski definition) is 2. The fraction of sp³-hybridized carbons (Fsp3) is 1.00. The van der Waals surface area contributed by atoms with E-state index in [9.17, 15) is 8.42 Å². The summed E-state index contributed by atoms with van der Waals surface area (Å²) in [4.78, 5) is 0. The van der Waals surface area contributed by atoms with Crippen LogP contribution in [-0.2, 0) is 10.2 Å². The Bertz CT molecular complexity index is 290. The van der Waals surface area contributed by atoms with Gasteiger partial charge in [0.25, 0.3) is 10.2 Å². The van der Waals surface area contributed by atoms with E-state index in [4.69, 9.17) is 0 Å². The second-order valence-electron chi connectivity index (χ2n) is 4.56. The third-order valence-electron chi connectivity index (χ3n) is 2.96. The monoisotopic (exact) mass is 279 g/mol. The lowest BCUT2D eigenvalue weighted by Crippen LogP contribution is -2.44. The Kier molecular flexibility index (Phi) is 9.63. The lowest BCUT2D eigenvalue weighted by atomic mass is 10.2. The Morgan fingerprint density at radius 3 is 2.22 bits per heavy atom. The van der Waals surface area contributed by atoms with E-state index in [0.717, 1.165) is 38.8 Å². The van der Waals surface area contributed by atoms with Crippen LogP contribution in [0.15, 0.2) is 0 Å². The molecule has 2 N–H and O–H groups in total. The molecule has 0 aliphatic rings. The molecule has 0 spiro atoms. The summed E-state index contributed by atoms with van der Waals surface area (Å²) in [5.41, 5.74) is 0. The van der Waals surface area contributed by atoms with Crippen LogP contribution in [0, 0.1) is 0 Å². The Morgan fingerprint density at radius 2 is 1.72 bits per heavy atom. The molecule has 0 bridgehead atoms. The number of rotatable bonds is 11. The van der Waals surface area contributed by atoms with Gasteiger partial charge >= 0.3 is 0 Å². The highest BCUT2D eigenvalue weighted by molar-refractivity contribution is 7.87. The number of hydrogen-bond acceptors (Lipinski definition) is 3. The SMILES string of the molecule is CCCNCCCN(C)S(=O)(=O)NC(CC)CC. The van der Waals surface area contributed by atoms with Crippen LogP contribution in [0.2, 0.25) is 0 Å². The van der Waals surface area contributed by atoms with Gasteiger partial charge in [-0.25, -0.2) is 0 Å². The van der Waals surface area contributed by atoms with E-state index in [-0.39, 0.29) is 6.04 Å². The molecule has 0 fully saturated rings. The van der Waals surface area contributed by atoms with Crippen LogP contribution in [0.5, 0.6) is 0 Å². The van der Waals surface area contributed by atoms with Gasteiger partial charge in [-0.05, 0) is 38.8 Å². The van der Waals surface area contributed by atoms with E-state index in [1.807, 2.05) is 13.8 Å². The van der Waals surface area contributed by atoms with Gasteiger partial charge in [0.2, 0.25) is 0 Å². The van der Waals surface area contributed by atoms with Crippen molar-refractivity contribution in [1.82, 2.24) is 14.3 Å². The molecule has 0 aromatic rings. The molecule has 6 heteroatoms. The third kappa shape index (κ3) is 7.31. The molecule has 0 aliphatic heterocycles. The Hall–Kier alpha value is -0.170. The summed E-state index contributed by atoms with van der Waals surface area (Å²) in [5.74, 6) is 0. The highest BCUT2D eigenvalue weighted by atomic mass is 32.2. The van der Waals surface area contributed by atoms with Gasteiger partial charge in [0.05, 0.1) is 0 Å². The first-order valence-electron chi connectivity index (χ1n) is 6.92. The quantitative estimate of drug-likeness (QED) is 0.561. The fourth-order valence-electron chi connectivity index (χ4n) is 1.60. The molecule has 110 valence electrons. The number of nitrogens with zero attached hydrogens (tertiary/aromatic N) is 1. The molecule has 5 nitrogen and oxygen atoms in total. The van der Waals surface area contributed by atoms with Crippen molar-refractivity contribution in [3.8, 4) is 0 Å². The van der Waals surface area contributed by atoms with Crippen LogP contribution in [0.4, 0.5) is 0 Å². The van der Waals surface area contributed by atoms with Crippen molar-refractivity contribution in [2.24, 2.45) is 0 Å². The second-order valence-corrected chi connectivity index (χ2v) is 6.37. The summed E-state index contributed by atoms with van der Waals surface area (Å²) < 4.78 is 28.1. The largest absolute Gasteiger partial charge is 0.317 e. The molecule has 0 aromatic carbocycles. The van der Waals surface area contributed by atoms with Crippen LogP contribution in [0.1, 0.15) is 46.5 Å². The van der Waals surface area contributed by atoms with E-state index < -0.39 is 10.2 Å². The zero-order chi connectivity index (χ0) is 14.0. The summed E-state index contributed by atoms with van der Waals surface area (Å²) in [6, 6.07) is 0.0377. The van der Waals surface area contributed by atoms with Gasteiger partial charge in [0.1, 0.15) is 0 Å². The first kappa shape index (κ1) is 17.8. The summed E-state index contributed by atoms with van der Waals surface area (Å²) >= 11 is 0. The van der Waals surface area contributed by atoms with Gasteiger partial charge in [0, 0.05) is 19.6 Å². The number of nitrogens with one attached hydrogen (secondary N) is 2. The van der Waals surface area contributed by atoms with Gasteiger partial charge in [-0.1, -0.05) is 20.8 Å². The van der Waals surface area contributed by atoms with Crippen LogP contribution in [-0.4, -0.2) is 45.4 Å². The minimum Gasteiger partial charge on any atom is -0.317 e. The van der Waals surface area contributed by atoms with Crippen LogP contribution in [0.3, 0.4) is 0 Å².